The van der Waals surface area contributed by atoms with Gasteiger partial charge in [-0.1, -0.05) is 26.8 Å². The molecule has 4 aliphatic rings. The second-order valence-corrected chi connectivity index (χ2v) is 10.4. The zero-order valence-electron chi connectivity index (χ0n) is 18.7. The summed E-state index contributed by atoms with van der Waals surface area (Å²) in [7, 11) is 0. The third kappa shape index (κ3) is 2.71. The molecule has 0 saturated heterocycles. The molecule has 5 nitrogen and oxygen atoms in total. The summed E-state index contributed by atoms with van der Waals surface area (Å²) < 4.78 is 49.5. The largest absolute Gasteiger partial charge is 0.450 e. The molecular formula is C24H29F3O5. The molecule has 0 amide bonds. The molecule has 176 valence electrons. The van der Waals surface area contributed by atoms with Crippen molar-refractivity contribution in [2.75, 3.05) is 6.67 Å². The lowest BCUT2D eigenvalue weighted by molar-refractivity contribution is -0.204. The molecule has 0 bridgehead atoms. The van der Waals surface area contributed by atoms with E-state index in [1.54, 1.807) is 20.8 Å². The summed E-state index contributed by atoms with van der Waals surface area (Å²) in [6.45, 7) is 4.88. The van der Waals surface area contributed by atoms with Crippen LogP contribution in [0.4, 0.5) is 13.2 Å². The molecule has 0 radical (unpaired) electrons. The van der Waals surface area contributed by atoms with Crippen molar-refractivity contribution in [1.82, 2.24) is 0 Å². The SMILES string of the molecule is CC(=O)O[C@]1(C(=O)CF)C(C)C[C@H]2[C@@H]3CC(F)C4=C(F)C(=O)C=C[C@]4(C)[C@H]3C(O)C[C@@]21C. The Balaban J connectivity index is 1.86. The Bertz CT molecular complexity index is 944. The van der Waals surface area contributed by atoms with E-state index in [0.29, 0.717) is 6.42 Å². The molecular weight excluding hydrogens is 425 g/mol. The molecule has 32 heavy (non-hydrogen) atoms. The van der Waals surface area contributed by atoms with Crippen molar-refractivity contribution in [3.8, 4) is 0 Å². The van der Waals surface area contributed by atoms with Gasteiger partial charge in [0.2, 0.25) is 11.6 Å². The second kappa shape index (κ2) is 7.27. The van der Waals surface area contributed by atoms with Gasteiger partial charge in [0.25, 0.3) is 0 Å². The Morgan fingerprint density at radius 2 is 1.94 bits per heavy atom. The number of allylic oxidation sites excluding steroid dienone is 4. The number of hydrogen-bond acceptors (Lipinski definition) is 5. The molecule has 0 aromatic carbocycles. The fourth-order valence-corrected chi connectivity index (χ4v) is 7.94. The molecule has 0 aromatic heterocycles. The lowest BCUT2D eigenvalue weighted by Gasteiger charge is -2.60. The van der Waals surface area contributed by atoms with Crippen molar-refractivity contribution < 1.29 is 37.4 Å². The molecule has 0 aromatic rings. The third-order valence-corrected chi connectivity index (χ3v) is 8.93. The van der Waals surface area contributed by atoms with Crippen LogP contribution < -0.4 is 0 Å². The molecule has 9 atom stereocenters. The highest BCUT2D eigenvalue weighted by molar-refractivity contribution is 6.04. The number of aliphatic hydroxyl groups excluding tert-OH is 1. The highest BCUT2D eigenvalue weighted by Crippen LogP contribution is 2.69. The maximum atomic E-state index is 15.4. The number of fused-ring (bicyclic) bond motifs is 5. The fourth-order valence-electron chi connectivity index (χ4n) is 7.94. The first kappa shape index (κ1) is 23.2. The minimum Gasteiger partial charge on any atom is -0.450 e. The average Bonchev–Trinajstić information content (AvgIpc) is 2.91. The first-order valence-electron chi connectivity index (χ1n) is 11.1. The number of aliphatic hydroxyl groups is 1. The van der Waals surface area contributed by atoms with E-state index in [0.717, 1.165) is 13.0 Å². The Morgan fingerprint density at radius 1 is 1.28 bits per heavy atom. The lowest BCUT2D eigenvalue weighted by atomic mass is 9.45. The number of ketones is 2. The number of alkyl halides is 2. The van der Waals surface area contributed by atoms with Crippen molar-refractivity contribution in [1.29, 1.82) is 0 Å². The predicted octanol–water partition coefficient (Wildman–Crippen LogP) is 3.60. The Morgan fingerprint density at radius 3 is 2.53 bits per heavy atom. The van der Waals surface area contributed by atoms with Gasteiger partial charge in [-0.3, -0.25) is 14.4 Å². The highest BCUT2D eigenvalue weighted by atomic mass is 19.1. The molecule has 3 unspecified atom stereocenters. The summed E-state index contributed by atoms with van der Waals surface area (Å²) in [4.78, 5) is 36.8. The zero-order valence-corrected chi connectivity index (χ0v) is 18.7. The highest BCUT2D eigenvalue weighted by Gasteiger charge is 2.73. The van der Waals surface area contributed by atoms with E-state index in [-0.39, 0.29) is 24.3 Å². The standard InChI is InChI=1S/C24H29F3O5/c1-11-7-14-13-8-15(26)20-21(27)16(29)5-6-22(20,3)19(13)17(30)9-23(14,4)24(11,18(31)10-25)32-12(2)28/h5-6,11,13-15,17,19,30H,7-10H2,1-4H3/t11?,13-,14-,15?,17?,19+,22+,23-,24-/m0/s1. The normalized spacial score (nSPS) is 47.6. The number of ether oxygens (including phenoxy) is 1. The minimum absolute atomic E-state index is 0.00538. The predicted molar refractivity (Wildman–Crippen MR) is 108 cm³/mol. The zero-order chi connectivity index (χ0) is 23.8. The van der Waals surface area contributed by atoms with E-state index in [9.17, 15) is 28.3 Å². The molecule has 4 aliphatic carbocycles. The quantitative estimate of drug-likeness (QED) is 0.660. The van der Waals surface area contributed by atoms with Crippen molar-refractivity contribution >= 4 is 17.5 Å². The summed E-state index contributed by atoms with van der Waals surface area (Å²) >= 11 is 0. The van der Waals surface area contributed by atoms with Gasteiger partial charge in [0, 0.05) is 35.2 Å². The van der Waals surface area contributed by atoms with Gasteiger partial charge in [-0.2, -0.15) is 0 Å². The summed E-state index contributed by atoms with van der Waals surface area (Å²) in [5, 5.41) is 11.3. The van der Waals surface area contributed by atoms with E-state index in [1.165, 1.54) is 6.08 Å². The number of carbonyl (C=O) groups is 3. The van der Waals surface area contributed by atoms with Gasteiger partial charge in [-0.05, 0) is 37.2 Å². The van der Waals surface area contributed by atoms with Gasteiger partial charge in [0.05, 0.1) is 6.10 Å². The fraction of sp³-hybridized carbons (Fsp3) is 0.708. The van der Waals surface area contributed by atoms with E-state index < -0.39 is 76.5 Å². The molecule has 8 heteroatoms. The molecule has 4 rings (SSSR count). The van der Waals surface area contributed by atoms with Crippen LogP contribution in [0.3, 0.4) is 0 Å². The monoisotopic (exact) mass is 454 g/mol. The van der Waals surface area contributed by atoms with E-state index >= 15 is 4.39 Å². The van der Waals surface area contributed by atoms with Crippen molar-refractivity contribution in [2.45, 2.75) is 64.8 Å². The summed E-state index contributed by atoms with van der Waals surface area (Å²) in [6, 6.07) is 0. The molecule has 0 heterocycles. The maximum absolute atomic E-state index is 15.4. The van der Waals surface area contributed by atoms with Crippen molar-refractivity contribution in [3.63, 3.8) is 0 Å². The number of hydrogen-bond donors (Lipinski definition) is 1. The second-order valence-electron chi connectivity index (χ2n) is 10.4. The van der Waals surface area contributed by atoms with Crippen LogP contribution in [0.1, 0.15) is 47.0 Å². The number of esters is 1. The van der Waals surface area contributed by atoms with Gasteiger partial charge >= 0.3 is 5.97 Å². The van der Waals surface area contributed by atoms with Crippen LogP contribution in [-0.4, -0.2) is 47.2 Å². The van der Waals surface area contributed by atoms with E-state index in [2.05, 4.69) is 0 Å². The molecule has 1 N–H and O–H groups in total. The molecule has 0 spiro atoms. The van der Waals surface area contributed by atoms with Gasteiger partial charge in [-0.15, -0.1) is 0 Å². The number of rotatable bonds is 3. The van der Waals surface area contributed by atoms with Gasteiger partial charge in [-0.25, -0.2) is 13.2 Å². The Kier molecular flexibility index (Phi) is 5.27. The van der Waals surface area contributed by atoms with Gasteiger partial charge in [0.15, 0.2) is 18.1 Å². The van der Waals surface area contributed by atoms with Crippen LogP contribution in [0.25, 0.3) is 0 Å². The van der Waals surface area contributed by atoms with Crippen LogP contribution in [0, 0.1) is 34.5 Å². The van der Waals surface area contributed by atoms with Crippen LogP contribution in [0.2, 0.25) is 0 Å². The van der Waals surface area contributed by atoms with Crippen LogP contribution in [-0.2, 0) is 19.1 Å². The van der Waals surface area contributed by atoms with Crippen molar-refractivity contribution in [2.24, 2.45) is 34.5 Å². The van der Waals surface area contributed by atoms with Gasteiger partial charge < -0.3 is 9.84 Å². The molecule has 0 aliphatic heterocycles. The van der Waals surface area contributed by atoms with Crippen LogP contribution in [0.5, 0.6) is 0 Å². The lowest BCUT2D eigenvalue weighted by Crippen LogP contribution is -2.64. The smallest absolute Gasteiger partial charge is 0.303 e. The van der Waals surface area contributed by atoms with E-state index in [1.807, 2.05) is 0 Å². The number of Topliss-reactive ketones (excluding diaryl/α,β-unsaturated/α-hetero) is 1. The minimum atomic E-state index is -1.77. The first-order valence-corrected chi connectivity index (χ1v) is 11.1. The van der Waals surface area contributed by atoms with Crippen molar-refractivity contribution in [3.05, 3.63) is 23.6 Å². The Labute approximate surface area is 185 Å². The summed E-state index contributed by atoms with van der Waals surface area (Å²) in [6.07, 6.45) is -0.0297. The van der Waals surface area contributed by atoms with Gasteiger partial charge in [0.1, 0.15) is 6.17 Å². The summed E-state index contributed by atoms with van der Waals surface area (Å²) in [5.41, 5.74) is -4.32. The topological polar surface area (TPSA) is 80.7 Å². The maximum Gasteiger partial charge on any atom is 0.303 e. The molecule has 3 saturated carbocycles. The number of halogens is 3. The number of carbonyl (C=O) groups excluding carboxylic acids is 3. The van der Waals surface area contributed by atoms with Crippen LogP contribution in [0.15, 0.2) is 23.6 Å². The summed E-state index contributed by atoms with van der Waals surface area (Å²) in [5.74, 6) is -5.57. The van der Waals surface area contributed by atoms with E-state index in [4.69, 9.17) is 4.74 Å². The third-order valence-electron chi connectivity index (χ3n) is 8.93. The first-order chi connectivity index (χ1) is 14.8. The van der Waals surface area contributed by atoms with Crippen LogP contribution >= 0.6 is 0 Å². The average molecular weight is 454 g/mol. The molecule has 3 fully saturated rings. The Hall–Kier alpha value is -1.96.